The third-order valence-electron chi connectivity index (χ3n) is 4.80. The zero-order valence-corrected chi connectivity index (χ0v) is 15.7. The number of hydrogen-bond donors (Lipinski definition) is 0. The summed E-state index contributed by atoms with van der Waals surface area (Å²) >= 11 is 0. The summed E-state index contributed by atoms with van der Waals surface area (Å²) in [5.41, 5.74) is 1.66. The number of ether oxygens (including phenoxy) is 2. The van der Waals surface area contributed by atoms with Crippen LogP contribution in [0.5, 0.6) is 5.75 Å². The van der Waals surface area contributed by atoms with E-state index in [4.69, 9.17) is 9.47 Å². The first-order chi connectivity index (χ1) is 14.1. The average Bonchev–Trinajstić information content (AvgIpc) is 2.75. The van der Waals surface area contributed by atoms with Crippen molar-refractivity contribution in [3.63, 3.8) is 0 Å². The zero-order valence-electron chi connectivity index (χ0n) is 15.7. The number of para-hydroxylation sites is 2. The molecule has 0 aliphatic heterocycles. The third kappa shape index (κ3) is 3.57. The molecule has 3 aromatic carbocycles. The normalized spacial score (nSPS) is 11.0. The molecule has 5 nitrogen and oxygen atoms in total. The number of carbonyl (C=O) groups is 1. The van der Waals surface area contributed by atoms with Gasteiger partial charge in [0.2, 0.25) is 0 Å². The van der Waals surface area contributed by atoms with Gasteiger partial charge in [0.15, 0.2) is 5.43 Å². The topological polar surface area (TPSA) is 57.5 Å². The molecule has 29 heavy (non-hydrogen) atoms. The number of halogens is 1. The van der Waals surface area contributed by atoms with Crippen molar-refractivity contribution in [3.05, 3.63) is 88.3 Å². The van der Waals surface area contributed by atoms with Crippen LogP contribution in [0.25, 0.3) is 21.8 Å². The molecule has 0 N–H and O–H groups in total. The van der Waals surface area contributed by atoms with Crippen molar-refractivity contribution >= 4 is 27.8 Å². The highest BCUT2D eigenvalue weighted by Crippen LogP contribution is 2.22. The number of nitrogens with zero attached hydrogens (tertiary/aromatic N) is 1. The van der Waals surface area contributed by atoms with Crippen LogP contribution in [-0.4, -0.2) is 17.6 Å². The van der Waals surface area contributed by atoms with Crippen LogP contribution >= 0.6 is 0 Å². The van der Waals surface area contributed by atoms with Crippen molar-refractivity contribution < 1.29 is 18.7 Å². The van der Waals surface area contributed by atoms with Crippen LogP contribution in [-0.2, 0) is 22.7 Å². The lowest BCUT2D eigenvalue weighted by Crippen LogP contribution is -2.18. The monoisotopic (exact) mass is 391 g/mol. The summed E-state index contributed by atoms with van der Waals surface area (Å²) in [4.78, 5) is 25.3. The summed E-state index contributed by atoms with van der Waals surface area (Å²) in [5.74, 6) is -0.497. The average molecular weight is 391 g/mol. The molecule has 4 aromatic rings. The van der Waals surface area contributed by atoms with Crippen LogP contribution in [0.4, 0.5) is 4.39 Å². The second kappa shape index (κ2) is 7.75. The van der Waals surface area contributed by atoms with Crippen molar-refractivity contribution in [2.75, 3.05) is 7.11 Å². The minimum atomic E-state index is -0.504. The summed E-state index contributed by atoms with van der Waals surface area (Å²) in [6, 6.07) is 18.3. The maximum Gasteiger partial charge on any atom is 0.326 e. The number of aromatic nitrogens is 1. The molecule has 4 rings (SSSR count). The van der Waals surface area contributed by atoms with Crippen LogP contribution in [0.2, 0.25) is 0 Å². The molecule has 0 saturated carbocycles. The van der Waals surface area contributed by atoms with E-state index in [0.29, 0.717) is 33.1 Å². The highest BCUT2D eigenvalue weighted by molar-refractivity contribution is 5.94. The summed E-state index contributed by atoms with van der Waals surface area (Å²) in [6.45, 7) is -0.200. The van der Waals surface area contributed by atoms with Gasteiger partial charge in [0, 0.05) is 16.3 Å². The summed E-state index contributed by atoms with van der Waals surface area (Å²) in [5, 5.41) is 1.07. The summed E-state index contributed by atoms with van der Waals surface area (Å²) in [6.07, 6.45) is 0. The number of fused-ring (bicyclic) bond motifs is 2. The van der Waals surface area contributed by atoms with Crippen LogP contribution in [0.15, 0.2) is 71.5 Å². The lowest BCUT2D eigenvalue weighted by Gasteiger charge is -2.15. The fraction of sp³-hybridized carbons (Fsp3) is 0.130. The van der Waals surface area contributed by atoms with E-state index in [1.807, 2.05) is 12.1 Å². The Morgan fingerprint density at radius 1 is 0.966 bits per heavy atom. The van der Waals surface area contributed by atoms with E-state index in [1.54, 1.807) is 41.0 Å². The number of pyridine rings is 1. The van der Waals surface area contributed by atoms with Crippen molar-refractivity contribution in [2.45, 2.75) is 13.2 Å². The minimum absolute atomic E-state index is 0.0784. The maximum atomic E-state index is 13.5. The molecule has 0 fully saturated rings. The molecule has 0 saturated heterocycles. The number of carbonyl (C=O) groups excluding carboxylic acids is 1. The highest BCUT2D eigenvalue weighted by atomic mass is 19.1. The quantitative estimate of drug-likeness (QED) is 0.381. The van der Waals surface area contributed by atoms with Gasteiger partial charge in [-0.25, -0.2) is 4.39 Å². The van der Waals surface area contributed by atoms with Crippen molar-refractivity contribution in [3.8, 4) is 5.75 Å². The van der Waals surface area contributed by atoms with Gasteiger partial charge >= 0.3 is 5.97 Å². The van der Waals surface area contributed by atoms with Gasteiger partial charge in [-0.15, -0.1) is 0 Å². The molecule has 0 atom stereocenters. The Morgan fingerprint density at radius 2 is 1.59 bits per heavy atom. The van der Waals surface area contributed by atoms with Gasteiger partial charge in [0.1, 0.15) is 24.7 Å². The molecule has 0 radical (unpaired) electrons. The molecule has 146 valence electrons. The molecule has 0 aliphatic rings. The smallest absolute Gasteiger partial charge is 0.326 e. The fourth-order valence-corrected chi connectivity index (χ4v) is 3.44. The van der Waals surface area contributed by atoms with Gasteiger partial charge in [-0.2, -0.15) is 0 Å². The van der Waals surface area contributed by atoms with Gasteiger partial charge in [0.05, 0.1) is 18.1 Å². The second-order valence-electron chi connectivity index (χ2n) is 6.57. The molecule has 0 amide bonds. The molecule has 1 heterocycles. The first kappa shape index (κ1) is 18.7. The molecule has 0 aliphatic carbocycles. The lowest BCUT2D eigenvalue weighted by molar-refractivity contribution is -0.145. The Bertz CT molecular complexity index is 1220. The van der Waals surface area contributed by atoms with Crippen molar-refractivity contribution in [1.29, 1.82) is 0 Å². The van der Waals surface area contributed by atoms with E-state index in [-0.39, 0.29) is 18.6 Å². The van der Waals surface area contributed by atoms with Crippen LogP contribution in [0, 0.1) is 5.82 Å². The fourth-order valence-electron chi connectivity index (χ4n) is 3.44. The second-order valence-corrected chi connectivity index (χ2v) is 6.57. The Balaban J connectivity index is 1.67. The van der Waals surface area contributed by atoms with Gasteiger partial charge in [-0.05, 0) is 42.5 Å². The van der Waals surface area contributed by atoms with Gasteiger partial charge in [-0.3, -0.25) is 9.59 Å². The molecule has 1 aromatic heterocycles. The van der Waals surface area contributed by atoms with E-state index in [0.717, 1.165) is 0 Å². The Morgan fingerprint density at radius 3 is 2.21 bits per heavy atom. The first-order valence-corrected chi connectivity index (χ1v) is 9.07. The van der Waals surface area contributed by atoms with E-state index < -0.39 is 11.8 Å². The number of esters is 1. The number of rotatable bonds is 5. The summed E-state index contributed by atoms with van der Waals surface area (Å²) in [7, 11) is 1.47. The van der Waals surface area contributed by atoms with Crippen molar-refractivity contribution in [1.82, 2.24) is 4.57 Å². The largest absolute Gasteiger partial charge is 0.496 e. The van der Waals surface area contributed by atoms with E-state index in [1.165, 1.54) is 25.3 Å². The Kier molecular flexibility index (Phi) is 4.99. The number of methoxy groups -OCH3 is 1. The van der Waals surface area contributed by atoms with Gasteiger partial charge < -0.3 is 14.0 Å². The number of hydrogen-bond acceptors (Lipinski definition) is 4. The first-order valence-electron chi connectivity index (χ1n) is 9.07. The molecule has 0 bridgehead atoms. The van der Waals surface area contributed by atoms with Crippen LogP contribution < -0.4 is 10.2 Å². The van der Waals surface area contributed by atoms with Crippen LogP contribution in [0.1, 0.15) is 5.56 Å². The molecular formula is C23H18FNO4. The van der Waals surface area contributed by atoms with E-state index in [9.17, 15) is 14.0 Å². The maximum absolute atomic E-state index is 13.5. The van der Waals surface area contributed by atoms with Crippen LogP contribution in [0.3, 0.4) is 0 Å². The lowest BCUT2D eigenvalue weighted by atomic mass is 10.1. The molecule has 6 heteroatoms. The zero-order chi connectivity index (χ0) is 20.4. The van der Waals surface area contributed by atoms with E-state index in [2.05, 4.69) is 0 Å². The predicted octanol–water partition coefficient (Wildman–Crippen LogP) is 4.05. The summed E-state index contributed by atoms with van der Waals surface area (Å²) < 4.78 is 25.8. The molecule has 0 spiro atoms. The SMILES string of the molecule is COc1ccc(F)cc1COC(=O)Cn1c2ccccc2c(=O)c2ccccc21. The third-order valence-corrected chi connectivity index (χ3v) is 4.80. The minimum Gasteiger partial charge on any atom is -0.496 e. The Labute approximate surface area is 165 Å². The van der Waals surface area contributed by atoms with Gasteiger partial charge in [-0.1, -0.05) is 24.3 Å². The molecular weight excluding hydrogens is 373 g/mol. The Hall–Kier alpha value is -3.67. The van der Waals surface area contributed by atoms with E-state index >= 15 is 0 Å². The highest BCUT2D eigenvalue weighted by Gasteiger charge is 2.14. The predicted molar refractivity (Wildman–Crippen MR) is 108 cm³/mol. The van der Waals surface area contributed by atoms with Crippen molar-refractivity contribution in [2.24, 2.45) is 0 Å². The van der Waals surface area contributed by atoms with Gasteiger partial charge in [0.25, 0.3) is 0 Å². The number of benzene rings is 3. The standard InChI is InChI=1S/C23H18FNO4/c1-28-21-11-10-16(24)12-15(21)14-29-22(26)13-25-19-8-4-2-6-17(19)23(27)18-7-3-5-9-20(18)25/h2-12H,13-14H2,1H3. The molecule has 0 unspecified atom stereocenters.